The van der Waals surface area contributed by atoms with Gasteiger partial charge in [0.1, 0.15) is 10.7 Å². The van der Waals surface area contributed by atoms with Gasteiger partial charge in [0, 0.05) is 16.7 Å². The van der Waals surface area contributed by atoms with Crippen molar-refractivity contribution < 1.29 is 35.0 Å². The predicted octanol–water partition coefficient (Wildman–Crippen LogP) is 4.96. The summed E-state index contributed by atoms with van der Waals surface area (Å²) >= 11 is 5.86. The molecule has 178 valence electrons. The van der Waals surface area contributed by atoms with Crippen LogP contribution in [0.3, 0.4) is 0 Å². The van der Waals surface area contributed by atoms with Crippen LogP contribution >= 0.6 is 11.6 Å². The summed E-state index contributed by atoms with van der Waals surface area (Å²) in [5.74, 6) is -1.81. The Morgan fingerprint density at radius 1 is 1.06 bits per heavy atom. The Morgan fingerprint density at radius 3 is 2.41 bits per heavy atom. The van der Waals surface area contributed by atoms with Gasteiger partial charge in [0.2, 0.25) is 5.91 Å². The third-order valence-corrected chi connectivity index (χ3v) is 5.78. The summed E-state index contributed by atoms with van der Waals surface area (Å²) in [5.41, 5.74) is 1.81. The molecule has 0 aliphatic heterocycles. The number of hydrazone groups is 1. The fraction of sp³-hybridized carbons (Fsp3) is 0.0909. The Labute approximate surface area is 196 Å². The van der Waals surface area contributed by atoms with Crippen molar-refractivity contribution in [3.05, 3.63) is 94.3 Å². The molecule has 0 saturated heterocycles. The normalized spacial score (nSPS) is 12.0. The van der Waals surface area contributed by atoms with E-state index in [1.165, 1.54) is 0 Å². The van der Waals surface area contributed by atoms with E-state index >= 15 is 0 Å². The summed E-state index contributed by atoms with van der Waals surface area (Å²) in [7, 11) is -4.60. The highest BCUT2D eigenvalue weighted by Crippen LogP contribution is 2.30. The molecule has 3 aromatic rings. The van der Waals surface area contributed by atoms with Crippen LogP contribution in [0.5, 0.6) is 5.75 Å². The second-order valence-corrected chi connectivity index (χ2v) is 8.82. The van der Waals surface area contributed by atoms with E-state index in [0.29, 0.717) is 22.7 Å². The van der Waals surface area contributed by atoms with Gasteiger partial charge in [0.15, 0.2) is 5.75 Å². The van der Waals surface area contributed by atoms with E-state index < -0.39 is 44.2 Å². The summed E-state index contributed by atoms with van der Waals surface area (Å²) < 4.78 is 81.7. The van der Waals surface area contributed by atoms with Gasteiger partial charge in [-0.2, -0.15) is 26.7 Å². The van der Waals surface area contributed by atoms with Crippen molar-refractivity contribution in [3.63, 3.8) is 0 Å². The number of alkyl halides is 3. The second-order valence-electron chi connectivity index (χ2n) is 6.84. The van der Waals surface area contributed by atoms with Crippen molar-refractivity contribution in [2.45, 2.75) is 17.5 Å². The van der Waals surface area contributed by atoms with Gasteiger partial charge in [-0.15, -0.1) is 0 Å². The lowest BCUT2D eigenvalue weighted by Gasteiger charge is -2.11. The third-order valence-electron chi connectivity index (χ3n) is 4.29. The average molecular weight is 515 g/mol. The molecule has 0 atom stereocenters. The Kier molecular flexibility index (Phi) is 7.57. The maximum Gasteiger partial charge on any atom is 0.416 e. The largest absolute Gasteiger partial charge is 0.416 e. The van der Waals surface area contributed by atoms with Gasteiger partial charge in [-0.1, -0.05) is 23.7 Å². The fourth-order valence-corrected chi connectivity index (χ4v) is 3.87. The van der Waals surface area contributed by atoms with E-state index in [1.54, 1.807) is 24.3 Å². The van der Waals surface area contributed by atoms with Crippen LogP contribution in [0.15, 0.2) is 76.7 Å². The number of halogens is 5. The molecule has 3 rings (SSSR count). The Bertz CT molecular complexity index is 1330. The quantitative estimate of drug-likeness (QED) is 0.209. The Hall–Kier alpha value is -3.44. The second kappa shape index (κ2) is 10.2. The molecule has 1 N–H and O–H groups in total. The van der Waals surface area contributed by atoms with Crippen molar-refractivity contribution in [1.29, 1.82) is 0 Å². The molecule has 0 unspecified atom stereocenters. The lowest BCUT2D eigenvalue weighted by atomic mass is 10.1. The van der Waals surface area contributed by atoms with Crippen molar-refractivity contribution >= 4 is 33.8 Å². The van der Waals surface area contributed by atoms with E-state index in [2.05, 4.69) is 10.5 Å². The molecule has 0 heterocycles. The molecule has 0 aliphatic rings. The van der Waals surface area contributed by atoms with Gasteiger partial charge in [-0.25, -0.2) is 9.82 Å². The minimum Gasteiger partial charge on any atom is -0.378 e. The number of benzene rings is 3. The van der Waals surface area contributed by atoms with Crippen LogP contribution in [-0.2, 0) is 27.5 Å². The summed E-state index contributed by atoms with van der Waals surface area (Å²) in [6.45, 7) is 0. The monoisotopic (exact) mass is 514 g/mol. The lowest BCUT2D eigenvalue weighted by molar-refractivity contribution is -0.137. The number of nitrogens with one attached hydrogen (secondary N) is 1. The molecule has 34 heavy (non-hydrogen) atoms. The summed E-state index contributed by atoms with van der Waals surface area (Å²) in [6.07, 6.45) is -3.65. The number of carbonyl (C=O) groups is 1. The number of rotatable bonds is 7. The SMILES string of the molecule is O=C(Cc1cccc(Cl)c1)NN=Cc1ccc(F)cc1OS(=O)(=O)c1ccc(C(F)(F)F)cc1. The molecule has 6 nitrogen and oxygen atoms in total. The summed E-state index contributed by atoms with van der Waals surface area (Å²) in [4.78, 5) is 11.5. The minimum atomic E-state index is -4.65. The van der Waals surface area contributed by atoms with E-state index in [0.717, 1.165) is 36.5 Å². The zero-order chi connectivity index (χ0) is 24.9. The first kappa shape index (κ1) is 25.2. The van der Waals surface area contributed by atoms with Crippen LogP contribution in [-0.4, -0.2) is 20.5 Å². The van der Waals surface area contributed by atoms with Crippen molar-refractivity contribution in [3.8, 4) is 5.75 Å². The maximum absolute atomic E-state index is 13.7. The van der Waals surface area contributed by atoms with E-state index in [1.807, 2.05) is 0 Å². The number of nitrogens with zero attached hydrogens (tertiary/aromatic N) is 1. The molecule has 0 spiro atoms. The van der Waals surface area contributed by atoms with Gasteiger partial charge in [-0.3, -0.25) is 4.79 Å². The van der Waals surface area contributed by atoms with Crippen LogP contribution < -0.4 is 9.61 Å². The molecule has 3 aromatic carbocycles. The van der Waals surface area contributed by atoms with Gasteiger partial charge in [0.25, 0.3) is 0 Å². The average Bonchev–Trinajstić information content (AvgIpc) is 2.74. The first-order valence-corrected chi connectivity index (χ1v) is 11.2. The van der Waals surface area contributed by atoms with Gasteiger partial charge in [0.05, 0.1) is 18.2 Å². The van der Waals surface area contributed by atoms with Crippen LogP contribution in [0.4, 0.5) is 17.6 Å². The highest BCUT2D eigenvalue weighted by atomic mass is 35.5. The molecule has 0 saturated carbocycles. The number of amides is 1. The van der Waals surface area contributed by atoms with E-state index in [4.69, 9.17) is 15.8 Å². The topological polar surface area (TPSA) is 84.8 Å². The van der Waals surface area contributed by atoms with E-state index in [9.17, 15) is 30.8 Å². The highest BCUT2D eigenvalue weighted by Gasteiger charge is 2.31. The van der Waals surface area contributed by atoms with Crippen LogP contribution in [0, 0.1) is 5.82 Å². The third kappa shape index (κ3) is 6.78. The van der Waals surface area contributed by atoms with Crippen molar-refractivity contribution in [2.75, 3.05) is 0 Å². The first-order valence-electron chi connectivity index (χ1n) is 9.42. The molecule has 1 amide bonds. The van der Waals surface area contributed by atoms with Gasteiger partial charge in [-0.05, 0) is 54.1 Å². The van der Waals surface area contributed by atoms with Crippen LogP contribution in [0.2, 0.25) is 5.02 Å². The van der Waals surface area contributed by atoms with E-state index in [-0.39, 0.29) is 12.0 Å². The minimum absolute atomic E-state index is 0.0139. The standard InChI is InChI=1S/C22H15ClF4N2O4S/c23-17-3-1-2-14(10-17)11-21(30)29-28-13-15-4-7-18(24)12-20(15)33-34(31,32)19-8-5-16(6-9-19)22(25,26)27/h1-10,12-13H,11H2,(H,29,30). The molecular formula is C22H15ClF4N2O4S. The van der Waals surface area contributed by atoms with Crippen molar-refractivity contribution in [2.24, 2.45) is 5.10 Å². The number of hydrogen-bond acceptors (Lipinski definition) is 5. The highest BCUT2D eigenvalue weighted by molar-refractivity contribution is 7.87. The predicted molar refractivity (Wildman–Crippen MR) is 117 cm³/mol. The lowest BCUT2D eigenvalue weighted by Crippen LogP contribution is -2.20. The van der Waals surface area contributed by atoms with Crippen LogP contribution in [0.1, 0.15) is 16.7 Å². The van der Waals surface area contributed by atoms with Crippen LogP contribution in [0.25, 0.3) is 0 Å². The zero-order valence-corrected chi connectivity index (χ0v) is 18.6. The van der Waals surface area contributed by atoms with Crippen molar-refractivity contribution in [1.82, 2.24) is 5.43 Å². The zero-order valence-electron chi connectivity index (χ0n) is 17.0. The molecule has 0 aromatic heterocycles. The van der Waals surface area contributed by atoms with Gasteiger partial charge < -0.3 is 4.18 Å². The Morgan fingerprint density at radius 2 is 1.76 bits per heavy atom. The smallest absolute Gasteiger partial charge is 0.378 e. The molecule has 0 aliphatic carbocycles. The summed E-state index contributed by atoms with van der Waals surface area (Å²) in [5, 5.41) is 4.17. The molecule has 12 heteroatoms. The number of carbonyl (C=O) groups excluding carboxylic acids is 1. The summed E-state index contributed by atoms with van der Waals surface area (Å²) in [6, 6.07) is 12.1. The molecule has 0 fully saturated rings. The molecule has 0 bridgehead atoms. The molecular weight excluding hydrogens is 500 g/mol. The maximum atomic E-state index is 13.7. The van der Waals surface area contributed by atoms with Gasteiger partial charge >= 0.3 is 16.3 Å². The fourth-order valence-electron chi connectivity index (χ4n) is 2.71. The first-order chi connectivity index (χ1) is 15.9. The Balaban J connectivity index is 1.74. The number of hydrogen-bond donors (Lipinski definition) is 1. The molecule has 0 radical (unpaired) electrons.